The number of carbonyl (C=O) groups excluding carboxylic acids is 1. The summed E-state index contributed by atoms with van der Waals surface area (Å²) in [5, 5.41) is 2.91. The van der Waals surface area contributed by atoms with Crippen LogP contribution in [0.2, 0.25) is 0 Å². The van der Waals surface area contributed by atoms with Crippen molar-refractivity contribution in [2.24, 2.45) is 0 Å². The average Bonchev–Trinajstić information content (AvgIpc) is 3.02. The Hall–Kier alpha value is -2.36. The molecule has 4 nitrogen and oxygen atoms in total. The molecule has 0 unspecified atom stereocenters. The zero-order valence-corrected chi connectivity index (χ0v) is 12.9. The van der Waals surface area contributed by atoms with Gasteiger partial charge in [0, 0.05) is 13.1 Å². The lowest BCUT2D eigenvalue weighted by Gasteiger charge is -2.16. The third-order valence-electron chi connectivity index (χ3n) is 3.91. The summed E-state index contributed by atoms with van der Waals surface area (Å²) >= 11 is 0. The first-order chi connectivity index (χ1) is 10.7. The summed E-state index contributed by atoms with van der Waals surface area (Å²) in [5.41, 5.74) is 2.95. The number of amides is 1. The molecule has 1 N–H and O–H groups in total. The largest absolute Gasteiger partial charge is 0.357 e. The molecule has 0 atom stereocenters. The summed E-state index contributed by atoms with van der Waals surface area (Å²) in [6, 6.07) is 11.9. The normalized spacial score (nSPS) is 14.1. The maximum absolute atomic E-state index is 12.1. The predicted molar refractivity (Wildman–Crippen MR) is 89.2 cm³/mol. The molecular weight excluding hydrogens is 274 g/mol. The van der Waals surface area contributed by atoms with Crippen molar-refractivity contribution >= 4 is 17.4 Å². The molecule has 3 rings (SSSR count). The molecule has 2 aromatic rings. The third-order valence-corrected chi connectivity index (χ3v) is 3.91. The number of aromatic nitrogens is 1. The molecule has 1 aliphatic heterocycles. The minimum absolute atomic E-state index is 0.0127. The number of nitrogens with zero attached hydrogens (tertiary/aromatic N) is 2. The van der Waals surface area contributed by atoms with Crippen LogP contribution in [0, 0.1) is 6.92 Å². The highest BCUT2D eigenvalue weighted by Crippen LogP contribution is 2.19. The van der Waals surface area contributed by atoms with Gasteiger partial charge >= 0.3 is 0 Å². The smallest absolute Gasteiger partial charge is 0.228 e. The molecule has 0 aliphatic carbocycles. The molecule has 1 aromatic carbocycles. The molecule has 0 bridgehead atoms. The molecule has 1 aliphatic rings. The Labute approximate surface area is 131 Å². The lowest BCUT2D eigenvalue weighted by Crippen LogP contribution is -2.19. The first kappa shape index (κ1) is 14.6. The van der Waals surface area contributed by atoms with Crippen molar-refractivity contribution in [3.63, 3.8) is 0 Å². The number of nitrogens with one attached hydrogen (secondary N) is 1. The standard InChI is InChI=1S/C18H21N3O/c1-14-5-4-6-15(11-14)12-18(22)20-16-7-8-17(19-13-16)21-9-2-3-10-21/h4-8,11,13H,2-3,9-10,12H2,1H3,(H,20,22). The number of hydrogen-bond donors (Lipinski definition) is 1. The quantitative estimate of drug-likeness (QED) is 0.942. The van der Waals surface area contributed by atoms with Gasteiger partial charge in [0.1, 0.15) is 5.82 Å². The third kappa shape index (κ3) is 3.64. The van der Waals surface area contributed by atoms with Gasteiger partial charge in [0.15, 0.2) is 0 Å². The molecule has 2 heterocycles. The van der Waals surface area contributed by atoms with Crippen molar-refractivity contribution in [3.05, 3.63) is 53.7 Å². The van der Waals surface area contributed by atoms with Crippen molar-refractivity contribution in [2.75, 3.05) is 23.3 Å². The Morgan fingerprint density at radius 1 is 1.23 bits per heavy atom. The van der Waals surface area contributed by atoms with Gasteiger partial charge in [0.2, 0.25) is 5.91 Å². The van der Waals surface area contributed by atoms with E-state index >= 15 is 0 Å². The van der Waals surface area contributed by atoms with Crippen LogP contribution in [0.4, 0.5) is 11.5 Å². The second kappa shape index (κ2) is 6.60. The van der Waals surface area contributed by atoms with Crippen LogP contribution in [-0.2, 0) is 11.2 Å². The number of pyridine rings is 1. The molecule has 1 aromatic heterocycles. The van der Waals surface area contributed by atoms with E-state index in [2.05, 4.69) is 15.2 Å². The SMILES string of the molecule is Cc1cccc(CC(=O)Nc2ccc(N3CCCC3)nc2)c1. The van der Waals surface area contributed by atoms with Crippen LogP contribution >= 0.6 is 0 Å². The van der Waals surface area contributed by atoms with E-state index in [4.69, 9.17) is 0 Å². The van der Waals surface area contributed by atoms with Crippen LogP contribution in [-0.4, -0.2) is 24.0 Å². The van der Waals surface area contributed by atoms with E-state index in [-0.39, 0.29) is 5.91 Å². The highest BCUT2D eigenvalue weighted by Gasteiger charge is 2.13. The summed E-state index contributed by atoms with van der Waals surface area (Å²) in [6.45, 7) is 4.18. The van der Waals surface area contributed by atoms with Crippen LogP contribution in [0.15, 0.2) is 42.6 Å². The second-order valence-electron chi connectivity index (χ2n) is 5.81. The van der Waals surface area contributed by atoms with Crippen molar-refractivity contribution in [1.29, 1.82) is 0 Å². The van der Waals surface area contributed by atoms with Crippen molar-refractivity contribution in [2.45, 2.75) is 26.2 Å². The van der Waals surface area contributed by atoms with Crippen molar-refractivity contribution in [1.82, 2.24) is 4.98 Å². The second-order valence-corrected chi connectivity index (χ2v) is 5.81. The van der Waals surface area contributed by atoms with Gasteiger partial charge in [-0.3, -0.25) is 4.79 Å². The van der Waals surface area contributed by atoms with Gasteiger partial charge in [0.05, 0.1) is 18.3 Å². The maximum Gasteiger partial charge on any atom is 0.228 e. The molecule has 0 spiro atoms. The molecular formula is C18H21N3O. The molecule has 4 heteroatoms. The predicted octanol–water partition coefficient (Wildman–Crippen LogP) is 3.17. The average molecular weight is 295 g/mol. The van der Waals surface area contributed by atoms with E-state index in [1.165, 1.54) is 18.4 Å². The molecule has 0 radical (unpaired) electrons. The highest BCUT2D eigenvalue weighted by atomic mass is 16.1. The Morgan fingerprint density at radius 2 is 2.05 bits per heavy atom. The number of aryl methyl sites for hydroxylation is 1. The number of carbonyl (C=O) groups is 1. The summed E-state index contributed by atoms with van der Waals surface area (Å²) in [7, 11) is 0. The molecule has 1 amide bonds. The number of benzene rings is 1. The first-order valence-corrected chi connectivity index (χ1v) is 7.77. The van der Waals surface area contributed by atoms with Crippen molar-refractivity contribution in [3.8, 4) is 0 Å². The van der Waals surface area contributed by atoms with Gasteiger partial charge in [0.25, 0.3) is 0 Å². The Morgan fingerprint density at radius 3 is 2.73 bits per heavy atom. The van der Waals surface area contributed by atoms with E-state index in [0.717, 1.165) is 30.2 Å². The molecule has 114 valence electrons. The van der Waals surface area contributed by atoms with E-state index in [9.17, 15) is 4.79 Å². The Bertz CT molecular complexity index is 646. The minimum atomic E-state index is -0.0127. The first-order valence-electron chi connectivity index (χ1n) is 7.77. The molecule has 1 saturated heterocycles. The lowest BCUT2D eigenvalue weighted by atomic mass is 10.1. The fraction of sp³-hybridized carbons (Fsp3) is 0.333. The van der Waals surface area contributed by atoms with Crippen LogP contribution in [0.5, 0.6) is 0 Å². The number of anilines is 2. The molecule has 22 heavy (non-hydrogen) atoms. The fourth-order valence-electron chi connectivity index (χ4n) is 2.81. The molecule has 1 fully saturated rings. The van der Waals surface area contributed by atoms with Gasteiger partial charge in [-0.25, -0.2) is 4.98 Å². The summed E-state index contributed by atoms with van der Waals surface area (Å²) < 4.78 is 0. The monoisotopic (exact) mass is 295 g/mol. The van der Waals surface area contributed by atoms with Gasteiger partial charge < -0.3 is 10.2 Å². The summed E-state index contributed by atoms with van der Waals surface area (Å²) in [5.74, 6) is 0.982. The van der Waals surface area contributed by atoms with E-state index in [1.807, 2.05) is 43.3 Å². The summed E-state index contributed by atoms with van der Waals surface area (Å²) in [6.07, 6.45) is 4.59. The van der Waals surface area contributed by atoms with Crippen LogP contribution in [0.25, 0.3) is 0 Å². The number of hydrogen-bond acceptors (Lipinski definition) is 3. The Balaban J connectivity index is 1.59. The van der Waals surface area contributed by atoms with E-state index in [1.54, 1.807) is 6.20 Å². The van der Waals surface area contributed by atoms with Crippen LogP contribution < -0.4 is 10.2 Å². The van der Waals surface area contributed by atoms with Gasteiger partial charge in [-0.1, -0.05) is 29.8 Å². The molecule has 0 saturated carbocycles. The number of rotatable bonds is 4. The van der Waals surface area contributed by atoms with E-state index in [0.29, 0.717) is 6.42 Å². The van der Waals surface area contributed by atoms with Gasteiger partial charge in [-0.2, -0.15) is 0 Å². The zero-order chi connectivity index (χ0) is 15.4. The summed E-state index contributed by atoms with van der Waals surface area (Å²) in [4.78, 5) is 18.8. The lowest BCUT2D eigenvalue weighted by molar-refractivity contribution is -0.115. The zero-order valence-electron chi connectivity index (χ0n) is 12.9. The van der Waals surface area contributed by atoms with Gasteiger partial charge in [-0.15, -0.1) is 0 Å². The maximum atomic E-state index is 12.1. The minimum Gasteiger partial charge on any atom is -0.357 e. The van der Waals surface area contributed by atoms with Crippen LogP contribution in [0.3, 0.4) is 0 Å². The van der Waals surface area contributed by atoms with Gasteiger partial charge in [-0.05, 0) is 37.5 Å². The van der Waals surface area contributed by atoms with Crippen LogP contribution in [0.1, 0.15) is 24.0 Å². The van der Waals surface area contributed by atoms with E-state index < -0.39 is 0 Å². The Kier molecular flexibility index (Phi) is 4.37. The topological polar surface area (TPSA) is 45.2 Å². The fourth-order valence-corrected chi connectivity index (χ4v) is 2.81. The highest BCUT2D eigenvalue weighted by molar-refractivity contribution is 5.92. The van der Waals surface area contributed by atoms with Crippen molar-refractivity contribution < 1.29 is 4.79 Å².